The van der Waals surface area contributed by atoms with Crippen molar-refractivity contribution in [3.63, 3.8) is 0 Å². The lowest BCUT2D eigenvalue weighted by atomic mass is 9.94. The first-order valence-electron chi connectivity index (χ1n) is 10.2. The second kappa shape index (κ2) is 5.74. The molecule has 0 aliphatic carbocycles. The van der Waals surface area contributed by atoms with Gasteiger partial charge in [-0.25, -0.2) is 0 Å². The smallest absolute Gasteiger partial charge is 0.143 e. The van der Waals surface area contributed by atoms with E-state index in [2.05, 4.69) is 102 Å². The molecule has 0 radical (unpaired) electrons. The number of hydrogen-bond donors (Lipinski definition) is 1. The number of aromatic amines is 1. The van der Waals surface area contributed by atoms with Crippen LogP contribution >= 0.6 is 0 Å². The fourth-order valence-electron chi connectivity index (χ4n) is 4.89. The van der Waals surface area contributed by atoms with Crippen molar-refractivity contribution in [3.05, 3.63) is 97.1 Å². The Labute approximate surface area is 172 Å². The second-order valence-electron chi connectivity index (χ2n) is 7.85. The van der Waals surface area contributed by atoms with Gasteiger partial charge >= 0.3 is 0 Å². The van der Waals surface area contributed by atoms with E-state index in [-0.39, 0.29) is 0 Å². The molecule has 0 amide bonds. The first kappa shape index (κ1) is 15.8. The molecule has 7 rings (SSSR count). The molecule has 2 heteroatoms. The molecule has 0 spiro atoms. The highest BCUT2D eigenvalue weighted by atomic mass is 16.3. The molecular weight excluding hydrogens is 366 g/mol. The quantitative estimate of drug-likeness (QED) is 0.305. The minimum absolute atomic E-state index is 0.928. The summed E-state index contributed by atoms with van der Waals surface area (Å²) in [6.45, 7) is 0. The Morgan fingerprint density at radius 3 is 2.13 bits per heavy atom. The van der Waals surface area contributed by atoms with Gasteiger partial charge < -0.3 is 9.40 Å². The first-order valence-corrected chi connectivity index (χ1v) is 10.2. The van der Waals surface area contributed by atoms with Gasteiger partial charge in [0.1, 0.15) is 11.2 Å². The van der Waals surface area contributed by atoms with E-state index >= 15 is 0 Å². The van der Waals surface area contributed by atoms with Crippen molar-refractivity contribution in [2.45, 2.75) is 0 Å². The van der Waals surface area contributed by atoms with E-state index < -0.39 is 0 Å². The molecule has 2 heterocycles. The molecule has 0 bridgehead atoms. The molecule has 5 aromatic carbocycles. The Balaban J connectivity index is 1.75. The van der Waals surface area contributed by atoms with Crippen LogP contribution in [0.4, 0.5) is 0 Å². The van der Waals surface area contributed by atoms with Gasteiger partial charge in [-0.1, -0.05) is 72.8 Å². The topological polar surface area (TPSA) is 28.9 Å². The maximum atomic E-state index is 6.47. The molecule has 2 nitrogen and oxygen atoms in total. The molecule has 0 aliphatic heterocycles. The van der Waals surface area contributed by atoms with Crippen molar-refractivity contribution in [1.29, 1.82) is 0 Å². The van der Waals surface area contributed by atoms with Crippen LogP contribution in [0.2, 0.25) is 0 Å². The van der Waals surface area contributed by atoms with Gasteiger partial charge in [-0.05, 0) is 40.8 Å². The van der Waals surface area contributed by atoms with Gasteiger partial charge in [0.25, 0.3) is 0 Å². The summed E-state index contributed by atoms with van der Waals surface area (Å²) in [6.07, 6.45) is 0. The maximum Gasteiger partial charge on any atom is 0.143 e. The number of hydrogen-bond acceptors (Lipinski definition) is 1. The van der Waals surface area contributed by atoms with Gasteiger partial charge in [-0.15, -0.1) is 0 Å². The predicted octanol–water partition coefficient (Wildman–Crippen LogP) is 8.04. The number of rotatable bonds is 1. The summed E-state index contributed by atoms with van der Waals surface area (Å²) in [7, 11) is 0. The summed E-state index contributed by atoms with van der Waals surface area (Å²) in [5.41, 5.74) is 6.63. The summed E-state index contributed by atoms with van der Waals surface area (Å²) < 4.78 is 6.47. The fourth-order valence-corrected chi connectivity index (χ4v) is 4.89. The molecule has 0 aliphatic rings. The van der Waals surface area contributed by atoms with Crippen molar-refractivity contribution >= 4 is 54.5 Å². The normalized spacial score (nSPS) is 12.0. The van der Waals surface area contributed by atoms with E-state index in [1.54, 1.807) is 0 Å². The minimum Gasteiger partial charge on any atom is -0.455 e. The van der Waals surface area contributed by atoms with Crippen molar-refractivity contribution < 1.29 is 4.42 Å². The number of H-pyrrole nitrogens is 1. The van der Waals surface area contributed by atoms with Crippen LogP contribution in [0.25, 0.3) is 65.6 Å². The van der Waals surface area contributed by atoms with Crippen LogP contribution in [0, 0.1) is 0 Å². The van der Waals surface area contributed by atoms with Crippen LogP contribution < -0.4 is 0 Å². The van der Waals surface area contributed by atoms with Crippen molar-refractivity contribution in [2.24, 2.45) is 0 Å². The third-order valence-electron chi connectivity index (χ3n) is 6.19. The summed E-state index contributed by atoms with van der Waals surface area (Å²) in [5.74, 6) is 0. The molecule has 2 aromatic heterocycles. The lowest BCUT2D eigenvalue weighted by molar-refractivity contribution is 0.673. The zero-order valence-corrected chi connectivity index (χ0v) is 16.1. The van der Waals surface area contributed by atoms with E-state index in [1.165, 1.54) is 32.7 Å². The lowest BCUT2D eigenvalue weighted by Crippen LogP contribution is -1.82. The van der Waals surface area contributed by atoms with Crippen molar-refractivity contribution in [3.8, 4) is 11.1 Å². The molecule has 30 heavy (non-hydrogen) atoms. The monoisotopic (exact) mass is 383 g/mol. The average molecular weight is 383 g/mol. The number of nitrogens with one attached hydrogen (secondary N) is 1. The molecule has 0 saturated carbocycles. The number of para-hydroxylation sites is 1. The molecule has 0 saturated heterocycles. The molecule has 0 fully saturated rings. The number of fused-ring (bicyclic) bond motifs is 9. The van der Waals surface area contributed by atoms with Crippen LogP contribution in [-0.4, -0.2) is 4.98 Å². The SMILES string of the molecule is c1ccc(-c2cc3c(oc4ccc5[nH]c6ccccc6c5c43)c3ccccc23)cc1. The highest BCUT2D eigenvalue weighted by Gasteiger charge is 2.18. The molecule has 1 N–H and O–H groups in total. The number of furan rings is 1. The standard InChI is InChI=1S/C28H17NO/c1-2-8-17(9-3-1)21-16-22-27-25(30-28(22)19-11-5-4-10-18(19)21)15-14-24-26(27)20-12-6-7-13-23(20)29-24/h1-16,29H. The Bertz CT molecular complexity index is 1740. The van der Waals surface area contributed by atoms with Crippen LogP contribution in [-0.2, 0) is 0 Å². The van der Waals surface area contributed by atoms with Gasteiger partial charge in [0.05, 0.1) is 0 Å². The first-order chi connectivity index (χ1) is 14.9. The van der Waals surface area contributed by atoms with E-state index in [0.29, 0.717) is 0 Å². The van der Waals surface area contributed by atoms with Gasteiger partial charge in [0.2, 0.25) is 0 Å². The second-order valence-corrected chi connectivity index (χ2v) is 7.85. The van der Waals surface area contributed by atoms with Gasteiger partial charge in [-0.3, -0.25) is 0 Å². The molecular formula is C28H17NO. The average Bonchev–Trinajstić information content (AvgIpc) is 3.37. The lowest BCUT2D eigenvalue weighted by Gasteiger charge is -2.08. The number of aromatic nitrogens is 1. The summed E-state index contributed by atoms with van der Waals surface area (Å²) in [4.78, 5) is 3.57. The molecule has 140 valence electrons. The van der Waals surface area contributed by atoms with Crippen molar-refractivity contribution in [2.75, 3.05) is 0 Å². The van der Waals surface area contributed by atoms with E-state index in [4.69, 9.17) is 4.42 Å². The van der Waals surface area contributed by atoms with E-state index in [0.717, 1.165) is 33.0 Å². The summed E-state index contributed by atoms with van der Waals surface area (Å²) >= 11 is 0. The van der Waals surface area contributed by atoms with Crippen molar-refractivity contribution in [1.82, 2.24) is 4.98 Å². The van der Waals surface area contributed by atoms with Gasteiger partial charge in [-0.2, -0.15) is 0 Å². The third-order valence-corrected chi connectivity index (χ3v) is 6.19. The molecule has 0 unspecified atom stereocenters. The zero-order chi connectivity index (χ0) is 19.7. The van der Waals surface area contributed by atoms with E-state index in [1.807, 2.05) is 0 Å². The Morgan fingerprint density at radius 1 is 0.533 bits per heavy atom. The molecule has 0 atom stereocenters. The number of benzene rings is 5. The summed E-state index contributed by atoms with van der Waals surface area (Å²) in [5, 5.41) is 7.18. The summed E-state index contributed by atoms with van der Waals surface area (Å²) in [6, 6.07) is 34.2. The predicted molar refractivity (Wildman–Crippen MR) is 126 cm³/mol. The van der Waals surface area contributed by atoms with Gasteiger partial charge in [0, 0.05) is 38.0 Å². The van der Waals surface area contributed by atoms with Crippen LogP contribution in [0.1, 0.15) is 0 Å². The Hall–Kier alpha value is -4.04. The Kier molecular flexibility index (Phi) is 3.03. The largest absolute Gasteiger partial charge is 0.455 e. The highest BCUT2D eigenvalue weighted by molar-refractivity contribution is 6.30. The van der Waals surface area contributed by atoms with Crippen LogP contribution in [0.5, 0.6) is 0 Å². The molecule has 7 aromatic rings. The maximum absolute atomic E-state index is 6.47. The zero-order valence-electron chi connectivity index (χ0n) is 16.1. The third kappa shape index (κ3) is 2.03. The highest BCUT2D eigenvalue weighted by Crippen LogP contribution is 2.43. The van der Waals surface area contributed by atoms with Gasteiger partial charge in [0.15, 0.2) is 0 Å². The van der Waals surface area contributed by atoms with Crippen LogP contribution in [0.3, 0.4) is 0 Å². The van der Waals surface area contributed by atoms with E-state index in [9.17, 15) is 0 Å². The fraction of sp³-hybridized carbons (Fsp3) is 0. The minimum atomic E-state index is 0.928. The Morgan fingerprint density at radius 2 is 1.27 bits per heavy atom. The van der Waals surface area contributed by atoms with Crippen LogP contribution in [0.15, 0.2) is 101 Å².